The Balaban J connectivity index is 1.33. The van der Waals surface area contributed by atoms with E-state index in [4.69, 9.17) is 9.47 Å². The fourth-order valence-electron chi connectivity index (χ4n) is 5.82. The van der Waals surface area contributed by atoms with Crippen LogP contribution in [0.2, 0.25) is 0 Å². The summed E-state index contributed by atoms with van der Waals surface area (Å²) in [4.78, 5) is 14.3. The molecule has 1 spiro atoms. The first-order valence-electron chi connectivity index (χ1n) is 13.3. The van der Waals surface area contributed by atoms with Gasteiger partial charge in [-0.05, 0) is 56.4 Å². The Morgan fingerprint density at radius 1 is 1.22 bits per heavy atom. The molecule has 3 N–H and O–H groups in total. The van der Waals surface area contributed by atoms with E-state index in [1.54, 1.807) is 0 Å². The van der Waals surface area contributed by atoms with Crippen molar-refractivity contribution in [3.8, 4) is 5.75 Å². The molecule has 2 heterocycles. The van der Waals surface area contributed by atoms with Gasteiger partial charge in [0.25, 0.3) is 0 Å². The van der Waals surface area contributed by atoms with E-state index >= 15 is 0 Å². The first-order valence-corrected chi connectivity index (χ1v) is 13.3. The van der Waals surface area contributed by atoms with E-state index in [0.29, 0.717) is 19.0 Å². The molecule has 7 nitrogen and oxygen atoms in total. The largest absolute Gasteiger partial charge is 0.487 e. The summed E-state index contributed by atoms with van der Waals surface area (Å²) in [5.41, 5.74) is 3.31. The standard InChI is InChI=1S/C29H39N3O4/c1-20-19-35-14-13-32(20)23-9-10-28-24(16-23)26(17-29(36-28)11-6-12-29)30-18-27(34)25(31-21(2)33)15-22-7-4-3-5-8-22/h3-5,7-10,16,20,25-27,30,34H,6,11-15,17-19H2,1-2H3,(H,31,33)/t20-,25-,26-,27+/m0/s1. The summed E-state index contributed by atoms with van der Waals surface area (Å²) in [5.74, 6) is 0.810. The number of aliphatic hydroxyl groups is 1. The maximum absolute atomic E-state index is 11.9. The number of morpholine rings is 1. The van der Waals surface area contributed by atoms with Crippen LogP contribution in [0.25, 0.3) is 0 Å². The zero-order valence-corrected chi connectivity index (χ0v) is 21.4. The van der Waals surface area contributed by atoms with Crippen LogP contribution >= 0.6 is 0 Å². The average Bonchev–Trinajstić information content (AvgIpc) is 2.86. The van der Waals surface area contributed by atoms with E-state index in [9.17, 15) is 9.90 Å². The van der Waals surface area contributed by atoms with Crippen molar-refractivity contribution in [1.82, 2.24) is 10.6 Å². The Labute approximate surface area is 214 Å². The van der Waals surface area contributed by atoms with Gasteiger partial charge in [0.1, 0.15) is 11.4 Å². The van der Waals surface area contributed by atoms with Crippen molar-refractivity contribution in [2.75, 3.05) is 31.2 Å². The maximum Gasteiger partial charge on any atom is 0.217 e. The van der Waals surface area contributed by atoms with Gasteiger partial charge in [-0.3, -0.25) is 4.79 Å². The second-order valence-electron chi connectivity index (χ2n) is 10.7. The van der Waals surface area contributed by atoms with Gasteiger partial charge in [0.05, 0.1) is 25.4 Å². The van der Waals surface area contributed by atoms with Crippen LogP contribution in [0, 0.1) is 0 Å². The van der Waals surface area contributed by atoms with Crippen LogP contribution in [-0.4, -0.2) is 61.1 Å². The molecule has 36 heavy (non-hydrogen) atoms. The third-order valence-electron chi connectivity index (χ3n) is 7.96. The molecular formula is C29H39N3O4. The van der Waals surface area contributed by atoms with E-state index in [1.165, 1.54) is 19.0 Å². The molecule has 1 aliphatic carbocycles. The molecule has 1 saturated heterocycles. The second-order valence-corrected chi connectivity index (χ2v) is 10.7. The number of hydrogen-bond acceptors (Lipinski definition) is 6. The molecule has 194 valence electrons. The van der Waals surface area contributed by atoms with Crippen LogP contribution in [0.1, 0.15) is 56.7 Å². The maximum atomic E-state index is 11.9. The van der Waals surface area contributed by atoms with Gasteiger partial charge < -0.3 is 30.1 Å². The number of carbonyl (C=O) groups excluding carboxylic acids is 1. The molecule has 1 amide bonds. The van der Waals surface area contributed by atoms with Gasteiger partial charge in [-0.15, -0.1) is 0 Å². The number of nitrogens with one attached hydrogen (secondary N) is 2. The molecule has 0 bridgehead atoms. The molecule has 2 fully saturated rings. The highest BCUT2D eigenvalue weighted by atomic mass is 16.5. The van der Waals surface area contributed by atoms with Crippen LogP contribution in [0.3, 0.4) is 0 Å². The van der Waals surface area contributed by atoms with E-state index in [0.717, 1.165) is 55.9 Å². The second kappa shape index (κ2) is 10.8. The minimum Gasteiger partial charge on any atom is -0.487 e. The number of ether oxygens (including phenoxy) is 2. The molecule has 2 aromatic rings. The third kappa shape index (κ3) is 5.53. The van der Waals surface area contributed by atoms with Crippen LogP contribution in [-0.2, 0) is 16.0 Å². The highest BCUT2D eigenvalue weighted by molar-refractivity contribution is 5.73. The van der Waals surface area contributed by atoms with E-state index in [-0.39, 0.29) is 23.6 Å². The number of anilines is 1. The number of nitrogens with zero attached hydrogens (tertiary/aromatic N) is 1. The van der Waals surface area contributed by atoms with Gasteiger partial charge >= 0.3 is 0 Å². The van der Waals surface area contributed by atoms with Gasteiger partial charge in [0.15, 0.2) is 0 Å². The summed E-state index contributed by atoms with van der Waals surface area (Å²) < 4.78 is 12.2. The predicted molar refractivity (Wildman–Crippen MR) is 140 cm³/mol. The normalized spacial score (nSPS) is 24.2. The summed E-state index contributed by atoms with van der Waals surface area (Å²) in [6, 6.07) is 16.6. The van der Waals surface area contributed by atoms with Crippen LogP contribution < -0.4 is 20.3 Å². The van der Waals surface area contributed by atoms with Crippen LogP contribution in [0.5, 0.6) is 5.75 Å². The average molecular weight is 494 g/mol. The smallest absolute Gasteiger partial charge is 0.217 e. The van der Waals surface area contributed by atoms with Crippen molar-refractivity contribution in [2.24, 2.45) is 0 Å². The van der Waals surface area contributed by atoms with Gasteiger partial charge in [-0.25, -0.2) is 0 Å². The molecule has 2 aliphatic heterocycles. The molecule has 4 atom stereocenters. The predicted octanol–water partition coefficient (Wildman–Crippen LogP) is 3.36. The zero-order valence-electron chi connectivity index (χ0n) is 21.4. The van der Waals surface area contributed by atoms with Crippen molar-refractivity contribution in [1.29, 1.82) is 0 Å². The van der Waals surface area contributed by atoms with Crippen molar-refractivity contribution in [3.05, 3.63) is 59.7 Å². The molecule has 7 heteroatoms. The summed E-state index contributed by atoms with van der Waals surface area (Å²) in [5, 5.41) is 17.8. The monoisotopic (exact) mass is 493 g/mol. The van der Waals surface area contributed by atoms with Crippen molar-refractivity contribution >= 4 is 11.6 Å². The first-order chi connectivity index (χ1) is 17.4. The van der Waals surface area contributed by atoms with Gasteiger partial charge in [-0.1, -0.05) is 30.3 Å². The number of rotatable bonds is 8. The van der Waals surface area contributed by atoms with E-state index in [1.807, 2.05) is 30.3 Å². The Bertz CT molecular complexity index is 1040. The van der Waals surface area contributed by atoms with Gasteiger partial charge in [-0.2, -0.15) is 0 Å². The number of amides is 1. The summed E-state index contributed by atoms with van der Waals surface area (Å²) in [6.07, 6.45) is 4.07. The molecule has 0 unspecified atom stereocenters. The van der Waals surface area contributed by atoms with Gasteiger partial charge in [0, 0.05) is 49.8 Å². The lowest BCUT2D eigenvalue weighted by atomic mass is 9.73. The quantitative estimate of drug-likeness (QED) is 0.523. The number of fused-ring (bicyclic) bond motifs is 1. The topological polar surface area (TPSA) is 83.1 Å². The van der Waals surface area contributed by atoms with Crippen LogP contribution in [0.4, 0.5) is 5.69 Å². The Hall–Kier alpha value is -2.61. The Morgan fingerprint density at radius 2 is 2.03 bits per heavy atom. The highest BCUT2D eigenvalue weighted by Crippen LogP contribution is 2.49. The van der Waals surface area contributed by atoms with Crippen molar-refractivity contribution in [3.63, 3.8) is 0 Å². The highest BCUT2D eigenvalue weighted by Gasteiger charge is 2.45. The van der Waals surface area contributed by atoms with Gasteiger partial charge in [0.2, 0.25) is 5.91 Å². The molecule has 0 radical (unpaired) electrons. The number of aliphatic hydroxyl groups excluding tert-OH is 1. The molecule has 2 aromatic carbocycles. The number of benzene rings is 2. The molecule has 3 aliphatic rings. The molecule has 5 rings (SSSR count). The van der Waals surface area contributed by atoms with E-state index in [2.05, 4.69) is 40.7 Å². The minimum atomic E-state index is -0.722. The lowest BCUT2D eigenvalue weighted by Gasteiger charge is -2.48. The minimum absolute atomic E-state index is 0.0784. The molecular weight excluding hydrogens is 454 g/mol. The SMILES string of the molecule is CC(=O)N[C@@H](Cc1ccccc1)[C@H](O)CN[C@H]1CC2(CCC2)Oc2ccc(N3CCOC[C@@H]3C)cc21. The lowest BCUT2D eigenvalue weighted by molar-refractivity contribution is -0.120. The molecule has 0 aromatic heterocycles. The summed E-state index contributed by atoms with van der Waals surface area (Å²) >= 11 is 0. The fraction of sp³-hybridized carbons (Fsp3) is 0.552. The Morgan fingerprint density at radius 3 is 2.72 bits per heavy atom. The molecule has 1 saturated carbocycles. The number of carbonyl (C=O) groups is 1. The summed E-state index contributed by atoms with van der Waals surface area (Å²) in [7, 11) is 0. The van der Waals surface area contributed by atoms with E-state index < -0.39 is 6.10 Å². The lowest BCUT2D eigenvalue weighted by Crippen LogP contribution is -2.52. The van der Waals surface area contributed by atoms with Crippen molar-refractivity contribution in [2.45, 2.75) is 75.8 Å². The third-order valence-corrected chi connectivity index (χ3v) is 7.96. The van der Waals surface area contributed by atoms with Crippen molar-refractivity contribution < 1.29 is 19.4 Å². The Kier molecular flexibility index (Phi) is 7.51. The first kappa shape index (κ1) is 25.1. The fourth-order valence-corrected chi connectivity index (χ4v) is 5.82. The summed E-state index contributed by atoms with van der Waals surface area (Å²) in [6.45, 7) is 6.42. The number of hydrogen-bond donors (Lipinski definition) is 3. The zero-order chi connectivity index (χ0) is 25.1. The van der Waals surface area contributed by atoms with Crippen LogP contribution in [0.15, 0.2) is 48.5 Å².